The number of hydrogen-bond donors (Lipinski definition) is 0. The molecule has 8 aromatic carbocycles. The van der Waals surface area contributed by atoms with Gasteiger partial charge < -0.3 is 4.57 Å². The van der Waals surface area contributed by atoms with Gasteiger partial charge in [-0.2, -0.15) is 0 Å². The summed E-state index contributed by atoms with van der Waals surface area (Å²) in [4.78, 5) is 10.7. The fourth-order valence-corrected chi connectivity index (χ4v) is 9.88. The third kappa shape index (κ3) is 5.27. The van der Waals surface area contributed by atoms with E-state index in [1.165, 1.54) is 77.9 Å². The molecular weight excluding hydrogens is 703 g/mol. The summed E-state index contributed by atoms with van der Waals surface area (Å²) in [7, 11) is 0. The molecule has 58 heavy (non-hydrogen) atoms. The Morgan fingerprint density at radius 1 is 0.500 bits per heavy atom. The molecule has 3 nitrogen and oxygen atoms in total. The van der Waals surface area contributed by atoms with E-state index in [-0.39, 0.29) is 0 Å². The van der Waals surface area contributed by atoms with Crippen molar-refractivity contribution < 1.29 is 0 Å². The lowest BCUT2D eigenvalue weighted by Crippen LogP contribution is -2.02. The fraction of sp³-hybridized carbons (Fsp3) is 0.0909. The molecule has 0 saturated carbocycles. The molecule has 0 spiro atoms. The molecule has 0 N–H and O–H groups in total. The molecule has 1 atom stereocenters. The minimum Gasteiger partial charge on any atom is -0.309 e. The number of hydrogen-bond acceptors (Lipinski definition) is 2. The molecule has 0 bridgehead atoms. The van der Waals surface area contributed by atoms with Crippen LogP contribution in [0.5, 0.6) is 0 Å². The Balaban J connectivity index is 0.934. The first-order valence-electron chi connectivity index (χ1n) is 20.5. The van der Waals surface area contributed by atoms with Crippen LogP contribution in [0.1, 0.15) is 41.9 Å². The van der Waals surface area contributed by atoms with Gasteiger partial charge in [-0.1, -0.05) is 140 Å². The summed E-state index contributed by atoms with van der Waals surface area (Å²) >= 11 is 0. The van der Waals surface area contributed by atoms with Crippen LogP contribution in [0, 0.1) is 0 Å². The van der Waals surface area contributed by atoms with E-state index in [0.29, 0.717) is 5.92 Å². The lowest BCUT2D eigenvalue weighted by molar-refractivity contribution is 0.617. The van der Waals surface area contributed by atoms with Crippen molar-refractivity contribution in [3.8, 4) is 50.5 Å². The zero-order chi connectivity index (χ0) is 38.2. The van der Waals surface area contributed by atoms with Crippen molar-refractivity contribution in [2.45, 2.75) is 31.6 Å². The van der Waals surface area contributed by atoms with Gasteiger partial charge in [-0.05, 0) is 124 Å². The zero-order valence-electron chi connectivity index (χ0n) is 32.1. The van der Waals surface area contributed by atoms with Gasteiger partial charge in [0.25, 0.3) is 0 Å². The second-order valence-electron chi connectivity index (χ2n) is 16.0. The molecule has 0 fully saturated rings. The summed E-state index contributed by atoms with van der Waals surface area (Å²) in [5.74, 6) is 0.537. The summed E-state index contributed by atoms with van der Waals surface area (Å²) < 4.78 is 2.41. The largest absolute Gasteiger partial charge is 0.309 e. The summed E-state index contributed by atoms with van der Waals surface area (Å²) in [5.41, 5.74) is 18.7. The second kappa shape index (κ2) is 13.2. The normalized spacial score (nSPS) is 14.7. The van der Waals surface area contributed by atoms with Crippen LogP contribution >= 0.6 is 0 Å². The average molecular weight is 742 g/mol. The van der Waals surface area contributed by atoms with Crippen LogP contribution in [0.2, 0.25) is 0 Å². The first-order chi connectivity index (χ1) is 28.7. The topological polar surface area (TPSA) is 30.7 Å². The van der Waals surface area contributed by atoms with Gasteiger partial charge in [0.15, 0.2) is 0 Å². The summed E-state index contributed by atoms with van der Waals surface area (Å²) in [6, 6.07) is 62.2. The Bertz CT molecular complexity index is 3290. The highest BCUT2D eigenvalue weighted by molar-refractivity contribution is 6.21. The van der Waals surface area contributed by atoms with Crippen molar-refractivity contribution in [2.24, 2.45) is 0 Å². The number of benzene rings is 8. The standard InChI is InChI=1S/C55H39N3/c1-2-12-35(13-3-1)38-15-10-17-41(32-38)54-55(57-49-22-8-7-21-48(49)56-54)47-20-11-16-40-34-42-33-39(26-30-45(42)52(40)47)36-24-28-43(29-25-36)58-50-23-9-6-19-46(50)53-44-18-5-4-14-37(44)27-31-51(53)58/h1-2,4-11,14-33,35H,3,12-13,34H2. The molecule has 0 amide bonds. The van der Waals surface area contributed by atoms with Gasteiger partial charge in [0, 0.05) is 27.6 Å². The first-order valence-corrected chi connectivity index (χ1v) is 20.5. The maximum atomic E-state index is 5.39. The maximum Gasteiger partial charge on any atom is 0.0979 e. The summed E-state index contributed by atoms with van der Waals surface area (Å²) in [6.45, 7) is 0. The Kier molecular flexibility index (Phi) is 7.56. The number of aromatic nitrogens is 3. The van der Waals surface area contributed by atoms with Crippen molar-refractivity contribution >= 4 is 43.6 Å². The first kappa shape index (κ1) is 33.1. The molecule has 274 valence electrons. The Morgan fingerprint density at radius 3 is 2.14 bits per heavy atom. The second-order valence-corrected chi connectivity index (χ2v) is 16.0. The van der Waals surface area contributed by atoms with Crippen molar-refractivity contribution in [1.82, 2.24) is 14.5 Å². The minimum absolute atomic E-state index is 0.537. The van der Waals surface area contributed by atoms with Gasteiger partial charge in [0.05, 0.1) is 33.5 Å². The van der Waals surface area contributed by atoms with E-state index in [9.17, 15) is 0 Å². The molecule has 2 aliphatic carbocycles. The Labute approximate surface area is 337 Å². The number of para-hydroxylation sites is 3. The Hall–Kier alpha value is -7.10. The Morgan fingerprint density at radius 2 is 1.28 bits per heavy atom. The van der Waals surface area contributed by atoms with Gasteiger partial charge in [-0.15, -0.1) is 0 Å². The molecule has 0 aliphatic heterocycles. The van der Waals surface area contributed by atoms with Crippen molar-refractivity contribution in [3.63, 3.8) is 0 Å². The maximum absolute atomic E-state index is 5.39. The molecule has 1 unspecified atom stereocenters. The van der Waals surface area contributed by atoms with Gasteiger partial charge >= 0.3 is 0 Å². The zero-order valence-corrected chi connectivity index (χ0v) is 32.1. The van der Waals surface area contributed by atoms with Gasteiger partial charge in [0.2, 0.25) is 0 Å². The van der Waals surface area contributed by atoms with Crippen LogP contribution in [-0.4, -0.2) is 14.5 Å². The molecule has 0 saturated heterocycles. The van der Waals surface area contributed by atoms with Crippen LogP contribution in [-0.2, 0) is 6.42 Å². The van der Waals surface area contributed by atoms with Crippen molar-refractivity contribution in [2.75, 3.05) is 0 Å². The van der Waals surface area contributed by atoms with E-state index in [1.807, 2.05) is 0 Å². The van der Waals surface area contributed by atoms with Crippen LogP contribution < -0.4 is 0 Å². The number of nitrogens with zero attached hydrogens (tertiary/aromatic N) is 3. The monoisotopic (exact) mass is 741 g/mol. The lowest BCUT2D eigenvalue weighted by atomic mass is 9.86. The third-order valence-electron chi connectivity index (χ3n) is 12.7. The van der Waals surface area contributed by atoms with Crippen LogP contribution in [0.15, 0.2) is 182 Å². The van der Waals surface area contributed by atoms with E-state index in [4.69, 9.17) is 9.97 Å². The molecule has 2 heterocycles. The highest BCUT2D eigenvalue weighted by atomic mass is 15.0. The summed E-state index contributed by atoms with van der Waals surface area (Å²) in [5, 5.41) is 5.15. The van der Waals surface area contributed by atoms with E-state index < -0.39 is 0 Å². The van der Waals surface area contributed by atoms with Crippen LogP contribution in [0.3, 0.4) is 0 Å². The average Bonchev–Trinajstić information content (AvgIpc) is 3.85. The molecular formula is C55H39N3. The van der Waals surface area contributed by atoms with Crippen LogP contribution in [0.25, 0.3) is 94.1 Å². The number of allylic oxidation sites excluding steroid dienone is 2. The number of rotatable bonds is 5. The van der Waals surface area contributed by atoms with Gasteiger partial charge in [-0.3, -0.25) is 0 Å². The van der Waals surface area contributed by atoms with E-state index >= 15 is 0 Å². The smallest absolute Gasteiger partial charge is 0.0979 e. The molecule has 0 radical (unpaired) electrons. The van der Waals surface area contributed by atoms with Crippen molar-refractivity contribution in [3.05, 3.63) is 199 Å². The lowest BCUT2D eigenvalue weighted by Gasteiger charge is -2.19. The predicted octanol–water partition coefficient (Wildman–Crippen LogP) is 14.3. The fourth-order valence-electron chi connectivity index (χ4n) is 9.88. The van der Waals surface area contributed by atoms with E-state index in [2.05, 4.69) is 187 Å². The molecule has 3 heteroatoms. The quantitative estimate of drug-likeness (QED) is 0.164. The van der Waals surface area contributed by atoms with Gasteiger partial charge in [0.1, 0.15) is 0 Å². The molecule has 2 aliphatic rings. The van der Waals surface area contributed by atoms with Crippen LogP contribution in [0.4, 0.5) is 0 Å². The SMILES string of the molecule is C1=CCC(c2cccc(-c3nc4ccccc4nc3-c3cccc4c3-c3ccc(-c5ccc(-n6c7ccccc7c7c8ccccc8ccc76)cc5)cc3C4)c2)CC1. The van der Waals surface area contributed by atoms with Crippen molar-refractivity contribution in [1.29, 1.82) is 0 Å². The van der Waals surface area contributed by atoms with Gasteiger partial charge in [-0.25, -0.2) is 9.97 Å². The predicted molar refractivity (Wildman–Crippen MR) is 242 cm³/mol. The third-order valence-corrected chi connectivity index (χ3v) is 12.7. The summed E-state index contributed by atoms with van der Waals surface area (Å²) in [6.07, 6.45) is 8.95. The molecule has 2 aromatic heterocycles. The highest BCUT2D eigenvalue weighted by Gasteiger charge is 2.26. The van der Waals surface area contributed by atoms with E-state index in [0.717, 1.165) is 58.5 Å². The highest BCUT2D eigenvalue weighted by Crippen LogP contribution is 2.46. The minimum atomic E-state index is 0.537. The van der Waals surface area contributed by atoms with E-state index in [1.54, 1.807) is 0 Å². The number of fused-ring (bicyclic) bond motifs is 9. The molecule has 12 rings (SSSR count). The molecule has 10 aromatic rings.